The largest absolute Gasteiger partial charge is 0.432 e. The van der Waals surface area contributed by atoms with Crippen LogP contribution in [0.2, 0.25) is 0 Å². The summed E-state index contributed by atoms with van der Waals surface area (Å²) >= 11 is 0. The summed E-state index contributed by atoms with van der Waals surface area (Å²) in [5.74, 6) is -0.893. The number of benzene rings is 1. The van der Waals surface area contributed by atoms with Crippen molar-refractivity contribution in [3.05, 3.63) is 24.0 Å². The average Bonchev–Trinajstić information content (AvgIpc) is 2.56. The lowest BCUT2D eigenvalue weighted by Crippen LogP contribution is -2.42. The third-order valence-electron chi connectivity index (χ3n) is 4.34. The van der Waals surface area contributed by atoms with Gasteiger partial charge in [0.05, 0.1) is 5.69 Å². The topological polar surface area (TPSA) is 61.8 Å². The number of aliphatic hydroxyl groups is 1. The van der Waals surface area contributed by atoms with E-state index in [1.807, 2.05) is 0 Å². The molecule has 0 aromatic heterocycles. The predicted molar refractivity (Wildman–Crippen MR) is 82.6 cm³/mol. The fourth-order valence-electron chi connectivity index (χ4n) is 2.88. The maximum absolute atomic E-state index is 13.2. The summed E-state index contributed by atoms with van der Waals surface area (Å²) in [5.41, 5.74) is -0.0161. The number of hydrogen-bond donors (Lipinski definition) is 2. The Bertz CT molecular complexity index is 563. The van der Waals surface area contributed by atoms with Crippen molar-refractivity contribution in [2.45, 2.75) is 38.3 Å². The Morgan fingerprint density at radius 2 is 2.04 bits per heavy atom. The van der Waals surface area contributed by atoms with Crippen molar-refractivity contribution in [3.63, 3.8) is 0 Å². The van der Waals surface area contributed by atoms with Gasteiger partial charge < -0.3 is 20.1 Å². The van der Waals surface area contributed by atoms with Crippen molar-refractivity contribution in [1.29, 1.82) is 0 Å². The van der Waals surface area contributed by atoms with Gasteiger partial charge in [-0.05, 0) is 43.7 Å². The van der Waals surface area contributed by atoms with Gasteiger partial charge in [0.25, 0.3) is 0 Å². The summed E-state index contributed by atoms with van der Waals surface area (Å²) in [6.45, 7) is -2.97. The van der Waals surface area contributed by atoms with Crippen LogP contribution in [-0.2, 0) is 0 Å². The molecule has 0 unspecified atom stereocenters. The molecule has 0 bridgehead atoms. The van der Waals surface area contributed by atoms with Gasteiger partial charge in [0.2, 0.25) is 0 Å². The Balaban J connectivity index is 2.01. The minimum Gasteiger partial charge on any atom is -0.432 e. The number of urea groups is 1. The number of carbonyl (C=O) groups excluding carboxylic acids is 1. The number of aliphatic hydroxyl groups excluding tert-OH is 1. The highest BCUT2D eigenvalue weighted by Crippen LogP contribution is 2.29. The zero-order valence-electron chi connectivity index (χ0n) is 13.3. The molecule has 1 aliphatic rings. The van der Waals surface area contributed by atoms with Crippen molar-refractivity contribution in [1.82, 2.24) is 4.90 Å². The molecular formula is C16H21F3N2O3. The first-order valence-electron chi connectivity index (χ1n) is 7.79. The molecule has 0 aliphatic heterocycles. The number of alkyl halides is 2. The van der Waals surface area contributed by atoms with Crippen molar-refractivity contribution in [2.75, 3.05) is 19.0 Å². The molecule has 0 saturated heterocycles. The number of hydrogen-bond acceptors (Lipinski definition) is 3. The van der Waals surface area contributed by atoms with Gasteiger partial charge in [0.15, 0.2) is 5.75 Å². The quantitative estimate of drug-likeness (QED) is 0.858. The Morgan fingerprint density at radius 1 is 1.38 bits per heavy atom. The fraction of sp³-hybridized carbons (Fsp3) is 0.562. The Kier molecular flexibility index (Phi) is 6.30. The molecule has 0 atom stereocenters. The molecular weight excluding hydrogens is 325 g/mol. The van der Waals surface area contributed by atoms with Gasteiger partial charge in [0, 0.05) is 25.8 Å². The third-order valence-corrected chi connectivity index (χ3v) is 4.34. The van der Waals surface area contributed by atoms with Crippen LogP contribution in [0.3, 0.4) is 0 Å². The zero-order chi connectivity index (χ0) is 17.7. The minimum atomic E-state index is -3.12. The molecule has 134 valence electrons. The second kappa shape index (κ2) is 8.23. The highest BCUT2D eigenvalue weighted by Gasteiger charge is 2.26. The van der Waals surface area contributed by atoms with E-state index in [9.17, 15) is 18.0 Å². The third kappa shape index (κ3) is 4.77. The molecule has 8 heteroatoms. The van der Waals surface area contributed by atoms with E-state index in [1.54, 1.807) is 7.05 Å². The lowest BCUT2D eigenvalue weighted by Gasteiger charge is -2.34. The van der Waals surface area contributed by atoms with E-state index in [2.05, 4.69) is 10.1 Å². The van der Waals surface area contributed by atoms with Crippen LogP contribution in [0.15, 0.2) is 18.2 Å². The van der Waals surface area contributed by atoms with Crippen LogP contribution in [0.25, 0.3) is 0 Å². The lowest BCUT2D eigenvalue weighted by molar-refractivity contribution is -0.0495. The number of nitrogens with zero attached hydrogens (tertiary/aromatic N) is 1. The maximum atomic E-state index is 13.2. The second-order valence-corrected chi connectivity index (χ2v) is 5.92. The predicted octanol–water partition coefficient (Wildman–Crippen LogP) is 3.44. The van der Waals surface area contributed by atoms with Crippen LogP contribution in [0.4, 0.5) is 23.7 Å². The van der Waals surface area contributed by atoms with Crippen molar-refractivity contribution in [2.24, 2.45) is 5.92 Å². The summed E-state index contributed by atoms with van der Waals surface area (Å²) < 4.78 is 42.2. The van der Waals surface area contributed by atoms with E-state index < -0.39 is 24.2 Å². The standard InChI is InChI=1S/C16H21F3N2O3/c1-21(12-5-2-10(9-22)3-6-12)16(23)20-13-7-4-11(17)8-14(13)24-15(18)19/h4,7-8,10,12,15,22H,2-3,5-6,9H2,1H3,(H,20,23). The number of anilines is 1. The van der Waals surface area contributed by atoms with Gasteiger partial charge in [-0.2, -0.15) is 8.78 Å². The first-order valence-corrected chi connectivity index (χ1v) is 7.79. The molecule has 0 heterocycles. The Labute approximate surface area is 138 Å². The number of carbonyl (C=O) groups is 1. The molecule has 2 rings (SSSR count). The van der Waals surface area contributed by atoms with Gasteiger partial charge in [-0.25, -0.2) is 9.18 Å². The molecule has 2 N–H and O–H groups in total. The van der Waals surface area contributed by atoms with Crippen LogP contribution in [0.5, 0.6) is 5.75 Å². The summed E-state index contributed by atoms with van der Waals surface area (Å²) in [6, 6.07) is 2.57. The number of halogens is 3. The molecule has 0 spiro atoms. The summed E-state index contributed by atoms with van der Waals surface area (Å²) in [4.78, 5) is 13.8. The van der Waals surface area contributed by atoms with Crippen LogP contribution >= 0.6 is 0 Å². The molecule has 1 aromatic rings. The molecule has 2 amide bonds. The van der Waals surface area contributed by atoms with Crippen molar-refractivity contribution >= 4 is 11.7 Å². The van der Waals surface area contributed by atoms with E-state index >= 15 is 0 Å². The second-order valence-electron chi connectivity index (χ2n) is 5.92. The molecule has 1 aliphatic carbocycles. The molecule has 1 fully saturated rings. The van der Waals surface area contributed by atoms with E-state index in [-0.39, 0.29) is 24.3 Å². The number of amides is 2. The molecule has 1 saturated carbocycles. The lowest BCUT2D eigenvalue weighted by atomic mass is 9.86. The van der Waals surface area contributed by atoms with Crippen LogP contribution < -0.4 is 10.1 Å². The van der Waals surface area contributed by atoms with E-state index in [0.29, 0.717) is 0 Å². The van der Waals surface area contributed by atoms with E-state index in [4.69, 9.17) is 5.11 Å². The average molecular weight is 346 g/mol. The van der Waals surface area contributed by atoms with Gasteiger partial charge in [-0.15, -0.1) is 0 Å². The Morgan fingerprint density at radius 3 is 2.62 bits per heavy atom. The fourth-order valence-corrected chi connectivity index (χ4v) is 2.88. The molecule has 1 aromatic carbocycles. The summed E-state index contributed by atoms with van der Waals surface area (Å²) in [6.07, 6.45) is 3.18. The molecule has 0 radical (unpaired) electrons. The normalized spacial score (nSPS) is 20.8. The molecule has 5 nitrogen and oxygen atoms in total. The van der Waals surface area contributed by atoms with Gasteiger partial charge in [0.1, 0.15) is 5.82 Å². The number of nitrogens with one attached hydrogen (secondary N) is 1. The van der Waals surface area contributed by atoms with Gasteiger partial charge in [-0.3, -0.25) is 0 Å². The monoisotopic (exact) mass is 346 g/mol. The highest BCUT2D eigenvalue weighted by atomic mass is 19.3. The summed E-state index contributed by atoms with van der Waals surface area (Å²) in [7, 11) is 1.62. The van der Waals surface area contributed by atoms with E-state index in [1.165, 1.54) is 11.0 Å². The van der Waals surface area contributed by atoms with Gasteiger partial charge >= 0.3 is 12.6 Å². The minimum absolute atomic E-state index is 0.00714. The number of ether oxygens (including phenoxy) is 1. The SMILES string of the molecule is CN(C(=O)Nc1ccc(F)cc1OC(F)F)C1CCC(CO)CC1. The highest BCUT2D eigenvalue weighted by molar-refractivity contribution is 5.91. The number of rotatable bonds is 5. The van der Waals surface area contributed by atoms with E-state index in [0.717, 1.165) is 37.8 Å². The Hall–Kier alpha value is -1.96. The zero-order valence-corrected chi connectivity index (χ0v) is 13.3. The van der Waals surface area contributed by atoms with Gasteiger partial charge in [-0.1, -0.05) is 0 Å². The van der Waals surface area contributed by atoms with Crippen LogP contribution in [-0.4, -0.2) is 42.3 Å². The van der Waals surface area contributed by atoms with Crippen LogP contribution in [0, 0.1) is 11.7 Å². The smallest absolute Gasteiger partial charge is 0.387 e. The van der Waals surface area contributed by atoms with Crippen LogP contribution in [0.1, 0.15) is 25.7 Å². The van der Waals surface area contributed by atoms with Crippen molar-refractivity contribution < 1.29 is 27.8 Å². The first kappa shape index (κ1) is 18.4. The molecule has 24 heavy (non-hydrogen) atoms. The first-order chi connectivity index (χ1) is 11.4. The summed E-state index contributed by atoms with van der Waals surface area (Å²) in [5, 5.41) is 11.6. The van der Waals surface area contributed by atoms with Crippen molar-refractivity contribution in [3.8, 4) is 5.75 Å². The maximum Gasteiger partial charge on any atom is 0.387 e.